The van der Waals surface area contributed by atoms with Crippen LogP contribution in [-0.2, 0) is 0 Å². The van der Waals surface area contributed by atoms with Crippen molar-refractivity contribution in [2.24, 2.45) is 5.73 Å². The predicted octanol–water partition coefficient (Wildman–Crippen LogP) is 4.20. The lowest BCUT2D eigenvalue weighted by Gasteiger charge is -2.15. The van der Waals surface area contributed by atoms with Crippen LogP contribution in [0.4, 0.5) is 5.69 Å². The highest BCUT2D eigenvalue weighted by Crippen LogP contribution is 2.29. The fraction of sp³-hybridized carbons (Fsp3) is 0.176. The number of anilines is 1. The Bertz CT molecular complexity index is 779. The summed E-state index contributed by atoms with van der Waals surface area (Å²) in [7, 11) is 4.02. The normalized spacial score (nSPS) is 12.6. The largest absolute Gasteiger partial charge is 0.459 e. The molecule has 1 atom stereocenters. The van der Waals surface area contributed by atoms with Crippen LogP contribution in [-0.4, -0.2) is 14.1 Å². The van der Waals surface area contributed by atoms with Crippen LogP contribution in [0, 0.1) is 0 Å². The highest BCUT2D eigenvalue weighted by atomic mass is 35.5. The molecular weight excluding hydrogens is 284 g/mol. The van der Waals surface area contributed by atoms with Crippen molar-refractivity contribution < 1.29 is 4.42 Å². The van der Waals surface area contributed by atoms with Gasteiger partial charge in [-0.05, 0) is 42.0 Å². The molecule has 3 rings (SSSR count). The van der Waals surface area contributed by atoms with E-state index >= 15 is 0 Å². The van der Waals surface area contributed by atoms with Gasteiger partial charge < -0.3 is 15.1 Å². The summed E-state index contributed by atoms with van der Waals surface area (Å²) in [6, 6.07) is 15.4. The minimum absolute atomic E-state index is 0.295. The Kier molecular flexibility index (Phi) is 3.62. The lowest BCUT2D eigenvalue weighted by atomic mass is 10.0. The Morgan fingerprint density at radius 3 is 2.67 bits per heavy atom. The topological polar surface area (TPSA) is 42.4 Å². The minimum atomic E-state index is -0.295. The highest BCUT2D eigenvalue weighted by molar-refractivity contribution is 6.31. The first-order valence-corrected chi connectivity index (χ1v) is 7.14. The molecule has 1 aromatic heterocycles. The first-order chi connectivity index (χ1) is 10.0. The maximum atomic E-state index is 6.34. The lowest BCUT2D eigenvalue weighted by molar-refractivity contribution is 0.525. The summed E-state index contributed by atoms with van der Waals surface area (Å²) in [5.74, 6) is 0.739. The van der Waals surface area contributed by atoms with Crippen LogP contribution in [0.5, 0.6) is 0 Å². The molecule has 21 heavy (non-hydrogen) atoms. The van der Waals surface area contributed by atoms with Gasteiger partial charge >= 0.3 is 0 Å². The molecule has 108 valence electrons. The zero-order chi connectivity index (χ0) is 15.0. The van der Waals surface area contributed by atoms with Gasteiger partial charge in [0.05, 0.1) is 6.04 Å². The number of hydrogen-bond donors (Lipinski definition) is 1. The molecule has 2 aromatic carbocycles. The van der Waals surface area contributed by atoms with E-state index < -0.39 is 0 Å². The molecular formula is C17H17ClN2O. The van der Waals surface area contributed by atoms with E-state index in [0.29, 0.717) is 5.02 Å². The van der Waals surface area contributed by atoms with Gasteiger partial charge in [-0.3, -0.25) is 0 Å². The van der Waals surface area contributed by atoms with E-state index in [9.17, 15) is 0 Å². The van der Waals surface area contributed by atoms with E-state index in [1.807, 2.05) is 50.5 Å². The molecule has 0 amide bonds. The second-order valence-electron chi connectivity index (χ2n) is 5.30. The van der Waals surface area contributed by atoms with Crippen LogP contribution < -0.4 is 10.6 Å². The summed E-state index contributed by atoms with van der Waals surface area (Å²) >= 11 is 6.00. The summed E-state index contributed by atoms with van der Waals surface area (Å²) in [5.41, 5.74) is 9.27. The number of rotatable bonds is 3. The third-order valence-corrected chi connectivity index (χ3v) is 3.78. The van der Waals surface area contributed by atoms with Crippen LogP contribution >= 0.6 is 11.6 Å². The Balaban J connectivity index is 1.99. The SMILES string of the molecule is CN(C)c1cccc(C(N)c2cc3cc(Cl)ccc3o2)c1. The second-order valence-corrected chi connectivity index (χ2v) is 5.73. The van der Waals surface area contributed by atoms with Gasteiger partial charge in [-0.2, -0.15) is 0 Å². The van der Waals surface area contributed by atoms with Gasteiger partial charge in [-0.1, -0.05) is 23.7 Å². The Labute approximate surface area is 128 Å². The van der Waals surface area contributed by atoms with Crippen molar-refractivity contribution in [3.8, 4) is 0 Å². The third-order valence-electron chi connectivity index (χ3n) is 3.55. The third kappa shape index (κ3) is 2.75. The van der Waals surface area contributed by atoms with Crippen molar-refractivity contribution in [1.82, 2.24) is 0 Å². The van der Waals surface area contributed by atoms with Crippen molar-refractivity contribution in [1.29, 1.82) is 0 Å². The summed E-state index contributed by atoms with van der Waals surface area (Å²) < 4.78 is 5.84. The summed E-state index contributed by atoms with van der Waals surface area (Å²) in [6.45, 7) is 0. The van der Waals surface area contributed by atoms with Crippen molar-refractivity contribution in [3.63, 3.8) is 0 Å². The van der Waals surface area contributed by atoms with Crippen molar-refractivity contribution >= 4 is 28.3 Å². The molecule has 0 aliphatic carbocycles. The zero-order valence-electron chi connectivity index (χ0n) is 12.0. The van der Waals surface area contributed by atoms with Crippen LogP contribution in [0.1, 0.15) is 17.4 Å². The van der Waals surface area contributed by atoms with Gasteiger partial charge in [0.1, 0.15) is 11.3 Å². The molecule has 0 fully saturated rings. The number of nitrogens with zero attached hydrogens (tertiary/aromatic N) is 1. The first kappa shape index (κ1) is 14.0. The van der Waals surface area contributed by atoms with E-state index in [1.165, 1.54) is 0 Å². The van der Waals surface area contributed by atoms with Crippen LogP contribution in [0.15, 0.2) is 52.9 Å². The second kappa shape index (κ2) is 5.43. The zero-order valence-corrected chi connectivity index (χ0v) is 12.8. The Morgan fingerprint density at radius 1 is 1.10 bits per heavy atom. The molecule has 0 saturated heterocycles. The van der Waals surface area contributed by atoms with Crippen LogP contribution in [0.3, 0.4) is 0 Å². The minimum Gasteiger partial charge on any atom is -0.459 e. The summed E-state index contributed by atoms with van der Waals surface area (Å²) in [5, 5.41) is 1.66. The van der Waals surface area contributed by atoms with E-state index in [2.05, 4.69) is 17.0 Å². The summed E-state index contributed by atoms with van der Waals surface area (Å²) in [6.07, 6.45) is 0. The molecule has 0 saturated carbocycles. The maximum absolute atomic E-state index is 6.34. The molecule has 2 N–H and O–H groups in total. The summed E-state index contributed by atoms with van der Waals surface area (Å²) in [4.78, 5) is 2.05. The molecule has 0 radical (unpaired) electrons. The van der Waals surface area contributed by atoms with Crippen LogP contribution in [0.25, 0.3) is 11.0 Å². The molecule has 1 unspecified atom stereocenters. The van der Waals surface area contributed by atoms with Gasteiger partial charge in [-0.15, -0.1) is 0 Å². The molecule has 0 aliphatic heterocycles. The molecule has 0 spiro atoms. The maximum Gasteiger partial charge on any atom is 0.134 e. The lowest BCUT2D eigenvalue weighted by Crippen LogP contribution is -2.13. The fourth-order valence-electron chi connectivity index (χ4n) is 2.35. The molecule has 0 bridgehead atoms. The van der Waals surface area contributed by atoms with Gasteiger partial charge in [0.25, 0.3) is 0 Å². The van der Waals surface area contributed by atoms with Crippen molar-refractivity contribution in [2.75, 3.05) is 19.0 Å². The highest BCUT2D eigenvalue weighted by Gasteiger charge is 2.15. The molecule has 1 heterocycles. The monoisotopic (exact) mass is 300 g/mol. The van der Waals surface area contributed by atoms with Crippen LogP contribution in [0.2, 0.25) is 5.02 Å². The Morgan fingerprint density at radius 2 is 1.90 bits per heavy atom. The fourth-order valence-corrected chi connectivity index (χ4v) is 2.53. The number of benzene rings is 2. The molecule has 3 aromatic rings. The number of hydrogen-bond acceptors (Lipinski definition) is 3. The van der Waals surface area contributed by atoms with Crippen molar-refractivity contribution in [2.45, 2.75) is 6.04 Å². The molecule has 4 heteroatoms. The number of nitrogens with two attached hydrogens (primary N) is 1. The standard InChI is InChI=1S/C17H17ClN2O/c1-20(2)14-5-3-4-11(9-14)17(19)16-10-12-8-13(18)6-7-15(12)21-16/h3-10,17H,19H2,1-2H3. The quantitative estimate of drug-likeness (QED) is 0.788. The Hall–Kier alpha value is -1.97. The molecule has 0 aliphatic rings. The average Bonchev–Trinajstić information content (AvgIpc) is 2.89. The smallest absolute Gasteiger partial charge is 0.134 e. The van der Waals surface area contributed by atoms with Gasteiger partial charge in [0.2, 0.25) is 0 Å². The van der Waals surface area contributed by atoms with E-state index in [0.717, 1.165) is 28.0 Å². The molecule has 3 nitrogen and oxygen atoms in total. The number of furan rings is 1. The van der Waals surface area contributed by atoms with E-state index in [4.69, 9.17) is 21.8 Å². The first-order valence-electron chi connectivity index (χ1n) is 6.76. The van der Waals surface area contributed by atoms with Gasteiger partial charge in [-0.25, -0.2) is 0 Å². The number of halogens is 1. The number of fused-ring (bicyclic) bond motifs is 1. The van der Waals surface area contributed by atoms with Gasteiger partial charge in [0, 0.05) is 30.2 Å². The predicted molar refractivity (Wildman–Crippen MR) is 88.0 cm³/mol. The van der Waals surface area contributed by atoms with Crippen molar-refractivity contribution in [3.05, 3.63) is 64.9 Å². The average molecular weight is 301 g/mol. The van der Waals surface area contributed by atoms with Gasteiger partial charge in [0.15, 0.2) is 0 Å². The van der Waals surface area contributed by atoms with E-state index in [-0.39, 0.29) is 6.04 Å². The van der Waals surface area contributed by atoms with E-state index in [1.54, 1.807) is 0 Å².